The summed E-state index contributed by atoms with van der Waals surface area (Å²) in [5.41, 5.74) is 9.48. The molecule has 72 valence electrons. The predicted octanol–water partition coefficient (Wildman–Crippen LogP) is 1.98. The van der Waals surface area contributed by atoms with Crippen molar-refractivity contribution in [2.75, 3.05) is 0 Å². The molecule has 0 aromatic carbocycles. The zero-order valence-corrected chi connectivity index (χ0v) is 8.67. The second-order valence-electron chi connectivity index (χ2n) is 3.65. The van der Waals surface area contributed by atoms with Crippen LogP contribution in [-0.4, -0.2) is 11.0 Å². The molecule has 0 amide bonds. The first-order valence-electron chi connectivity index (χ1n) is 4.81. The highest BCUT2D eigenvalue weighted by Gasteiger charge is 2.05. The van der Waals surface area contributed by atoms with Gasteiger partial charge in [-0.1, -0.05) is 13.0 Å². The van der Waals surface area contributed by atoms with E-state index in [0.717, 1.165) is 18.5 Å². The van der Waals surface area contributed by atoms with Crippen LogP contribution in [0, 0.1) is 13.8 Å². The SMILES string of the molecule is CC[C@H](N)Cc1ncc(C)cc1C. The van der Waals surface area contributed by atoms with Crippen LogP contribution >= 0.6 is 0 Å². The van der Waals surface area contributed by atoms with E-state index in [1.54, 1.807) is 0 Å². The number of pyridine rings is 1. The maximum absolute atomic E-state index is 5.87. The standard InChI is InChI=1S/C11H18N2/c1-4-10(12)6-11-9(3)5-8(2)7-13-11/h5,7,10H,4,6,12H2,1-3H3/t10-/m0/s1. The Balaban J connectivity index is 2.77. The normalized spacial score (nSPS) is 12.9. The Hall–Kier alpha value is -0.890. The minimum Gasteiger partial charge on any atom is -0.327 e. The quantitative estimate of drug-likeness (QED) is 0.768. The van der Waals surface area contributed by atoms with Crippen molar-refractivity contribution >= 4 is 0 Å². The number of aryl methyl sites for hydroxylation is 2. The van der Waals surface area contributed by atoms with E-state index in [1.807, 2.05) is 6.20 Å². The zero-order chi connectivity index (χ0) is 9.84. The minimum atomic E-state index is 0.244. The van der Waals surface area contributed by atoms with Crippen molar-refractivity contribution in [2.45, 2.75) is 39.7 Å². The van der Waals surface area contributed by atoms with E-state index in [1.165, 1.54) is 11.1 Å². The molecule has 1 rings (SSSR count). The van der Waals surface area contributed by atoms with Gasteiger partial charge in [0, 0.05) is 24.4 Å². The van der Waals surface area contributed by atoms with Crippen LogP contribution in [0.15, 0.2) is 12.3 Å². The summed E-state index contributed by atoms with van der Waals surface area (Å²) < 4.78 is 0. The van der Waals surface area contributed by atoms with Gasteiger partial charge in [0.2, 0.25) is 0 Å². The lowest BCUT2D eigenvalue weighted by Crippen LogP contribution is -2.22. The molecule has 0 saturated heterocycles. The van der Waals surface area contributed by atoms with Crippen LogP contribution in [0.25, 0.3) is 0 Å². The monoisotopic (exact) mass is 178 g/mol. The van der Waals surface area contributed by atoms with E-state index in [9.17, 15) is 0 Å². The van der Waals surface area contributed by atoms with Gasteiger partial charge in [-0.2, -0.15) is 0 Å². The lowest BCUT2D eigenvalue weighted by Gasteiger charge is -2.10. The van der Waals surface area contributed by atoms with Gasteiger partial charge in [0.1, 0.15) is 0 Å². The van der Waals surface area contributed by atoms with E-state index in [4.69, 9.17) is 5.73 Å². The molecule has 2 N–H and O–H groups in total. The molecule has 13 heavy (non-hydrogen) atoms. The first-order valence-corrected chi connectivity index (χ1v) is 4.81. The summed E-state index contributed by atoms with van der Waals surface area (Å²) in [6, 6.07) is 2.40. The van der Waals surface area contributed by atoms with E-state index < -0.39 is 0 Å². The number of aromatic nitrogens is 1. The van der Waals surface area contributed by atoms with Crippen molar-refractivity contribution < 1.29 is 0 Å². The van der Waals surface area contributed by atoms with Crippen molar-refractivity contribution in [3.63, 3.8) is 0 Å². The Kier molecular flexibility index (Phi) is 3.43. The highest BCUT2D eigenvalue weighted by atomic mass is 14.7. The zero-order valence-electron chi connectivity index (χ0n) is 8.67. The number of nitrogens with two attached hydrogens (primary N) is 1. The van der Waals surface area contributed by atoms with Gasteiger partial charge < -0.3 is 5.73 Å². The van der Waals surface area contributed by atoms with Gasteiger partial charge >= 0.3 is 0 Å². The summed E-state index contributed by atoms with van der Waals surface area (Å²) in [4.78, 5) is 4.39. The number of nitrogens with zero attached hydrogens (tertiary/aromatic N) is 1. The average molecular weight is 178 g/mol. The first kappa shape index (κ1) is 10.2. The van der Waals surface area contributed by atoms with Crippen LogP contribution in [0.4, 0.5) is 0 Å². The molecule has 0 unspecified atom stereocenters. The molecule has 1 aromatic rings. The Morgan fingerprint density at radius 2 is 2.15 bits per heavy atom. The minimum absolute atomic E-state index is 0.244. The highest BCUT2D eigenvalue weighted by Crippen LogP contribution is 2.09. The van der Waals surface area contributed by atoms with Gasteiger partial charge in [-0.05, 0) is 31.4 Å². The van der Waals surface area contributed by atoms with E-state index in [0.29, 0.717) is 0 Å². The summed E-state index contributed by atoms with van der Waals surface area (Å²) in [5, 5.41) is 0. The summed E-state index contributed by atoms with van der Waals surface area (Å²) in [7, 11) is 0. The third kappa shape index (κ3) is 2.81. The van der Waals surface area contributed by atoms with Gasteiger partial charge in [-0.25, -0.2) is 0 Å². The maximum Gasteiger partial charge on any atom is 0.0448 e. The van der Waals surface area contributed by atoms with Crippen molar-refractivity contribution in [1.82, 2.24) is 4.98 Å². The Morgan fingerprint density at radius 3 is 2.69 bits per heavy atom. The van der Waals surface area contributed by atoms with Crippen molar-refractivity contribution in [1.29, 1.82) is 0 Å². The van der Waals surface area contributed by atoms with E-state index >= 15 is 0 Å². The van der Waals surface area contributed by atoms with Gasteiger partial charge in [0.25, 0.3) is 0 Å². The van der Waals surface area contributed by atoms with Crippen LogP contribution in [0.1, 0.15) is 30.2 Å². The van der Waals surface area contributed by atoms with Gasteiger partial charge in [0.15, 0.2) is 0 Å². The molecule has 1 heterocycles. The average Bonchev–Trinajstić information content (AvgIpc) is 2.09. The second-order valence-corrected chi connectivity index (χ2v) is 3.65. The largest absolute Gasteiger partial charge is 0.327 e. The van der Waals surface area contributed by atoms with Gasteiger partial charge in [-0.15, -0.1) is 0 Å². The molecule has 0 aliphatic heterocycles. The molecular weight excluding hydrogens is 160 g/mol. The summed E-state index contributed by atoms with van der Waals surface area (Å²) >= 11 is 0. The molecule has 0 bridgehead atoms. The fraction of sp³-hybridized carbons (Fsp3) is 0.545. The lowest BCUT2D eigenvalue weighted by molar-refractivity contribution is 0.634. The Labute approximate surface area is 80.2 Å². The molecule has 0 radical (unpaired) electrons. The Morgan fingerprint density at radius 1 is 1.46 bits per heavy atom. The topological polar surface area (TPSA) is 38.9 Å². The van der Waals surface area contributed by atoms with Crippen molar-refractivity contribution in [2.24, 2.45) is 5.73 Å². The van der Waals surface area contributed by atoms with Crippen LogP contribution in [-0.2, 0) is 6.42 Å². The number of hydrogen-bond donors (Lipinski definition) is 1. The molecular formula is C11H18N2. The molecule has 1 atom stereocenters. The fourth-order valence-electron chi connectivity index (χ4n) is 1.35. The molecule has 0 aliphatic rings. The molecule has 0 spiro atoms. The second kappa shape index (κ2) is 4.38. The predicted molar refractivity (Wildman–Crippen MR) is 55.7 cm³/mol. The summed E-state index contributed by atoms with van der Waals surface area (Å²) in [6.45, 7) is 6.26. The highest BCUT2D eigenvalue weighted by molar-refractivity contribution is 5.23. The molecule has 0 saturated carbocycles. The molecule has 0 fully saturated rings. The Bertz CT molecular complexity index is 281. The van der Waals surface area contributed by atoms with Gasteiger partial charge in [-0.3, -0.25) is 4.98 Å². The molecule has 1 aromatic heterocycles. The van der Waals surface area contributed by atoms with E-state index in [2.05, 4.69) is 31.8 Å². The third-order valence-corrected chi connectivity index (χ3v) is 2.30. The smallest absolute Gasteiger partial charge is 0.0448 e. The first-order chi connectivity index (χ1) is 6.13. The van der Waals surface area contributed by atoms with Crippen LogP contribution in [0.5, 0.6) is 0 Å². The van der Waals surface area contributed by atoms with Crippen molar-refractivity contribution in [3.05, 3.63) is 29.1 Å². The van der Waals surface area contributed by atoms with Crippen molar-refractivity contribution in [3.8, 4) is 0 Å². The van der Waals surface area contributed by atoms with Crippen LogP contribution < -0.4 is 5.73 Å². The van der Waals surface area contributed by atoms with Gasteiger partial charge in [0.05, 0.1) is 0 Å². The third-order valence-electron chi connectivity index (χ3n) is 2.30. The number of hydrogen-bond acceptors (Lipinski definition) is 2. The number of rotatable bonds is 3. The van der Waals surface area contributed by atoms with E-state index in [-0.39, 0.29) is 6.04 Å². The summed E-state index contributed by atoms with van der Waals surface area (Å²) in [6.07, 6.45) is 3.81. The lowest BCUT2D eigenvalue weighted by atomic mass is 10.0. The fourth-order valence-corrected chi connectivity index (χ4v) is 1.35. The molecule has 2 heteroatoms. The van der Waals surface area contributed by atoms with Crippen LogP contribution in [0.2, 0.25) is 0 Å². The molecule has 0 aliphatic carbocycles. The van der Waals surface area contributed by atoms with Crippen LogP contribution in [0.3, 0.4) is 0 Å². The summed E-state index contributed by atoms with van der Waals surface area (Å²) in [5.74, 6) is 0. The maximum atomic E-state index is 5.87. The molecule has 2 nitrogen and oxygen atoms in total.